The van der Waals surface area contributed by atoms with Crippen LogP contribution in [-0.4, -0.2) is 105 Å². The van der Waals surface area contributed by atoms with Crippen molar-refractivity contribution in [3.8, 4) is 33.8 Å². The van der Waals surface area contributed by atoms with E-state index in [0.717, 1.165) is 61.3 Å². The Morgan fingerprint density at radius 3 is 1.77 bits per heavy atom. The first-order valence-electron chi connectivity index (χ1n) is 18.4. The summed E-state index contributed by atoms with van der Waals surface area (Å²) in [5, 5.41) is 19.9. The predicted octanol–water partition coefficient (Wildman–Crippen LogP) is 6.52. The summed E-state index contributed by atoms with van der Waals surface area (Å²) >= 11 is 3.63. The second kappa shape index (κ2) is 18.6. The molecular formula is C43H45BrN6O7. The zero-order chi connectivity index (χ0) is 40.6. The van der Waals surface area contributed by atoms with Crippen LogP contribution in [-0.2, 0) is 31.0 Å². The van der Waals surface area contributed by atoms with Crippen LogP contribution in [0.5, 0.6) is 11.5 Å². The molecule has 3 aromatic heterocycles. The largest absolute Gasteiger partial charge is 0.497 e. The first kappa shape index (κ1) is 41.1. The molecule has 5 aromatic rings. The van der Waals surface area contributed by atoms with Crippen molar-refractivity contribution < 1.29 is 34.1 Å². The highest BCUT2D eigenvalue weighted by Crippen LogP contribution is 2.30. The Kier molecular flexibility index (Phi) is 13.4. The van der Waals surface area contributed by atoms with Crippen LogP contribution in [0.1, 0.15) is 54.9 Å². The van der Waals surface area contributed by atoms with Gasteiger partial charge in [0.25, 0.3) is 0 Å². The number of carbonyl (C=O) groups is 3. The van der Waals surface area contributed by atoms with Crippen LogP contribution in [0, 0.1) is 13.8 Å². The lowest BCUT2D eigenvalue weighted by Gasteiger charge is -2.31. The summed E-state index contributed by atoms with van der Waals surface area (Å²) in [5.74, 6) is -0.612. The fraction of sp³-hybridized carbons (Fsp3) is 0.302. The van der Waals surface area contributed by atoms with Gasteiger partial charge >= 0.3 is 11.9 Å². The maximum absolute atomic E-state index is 12.3. The first-order valence-corrected chi connectivity index (χ1v) is 19.2. The first-order chi connectivity index (χ1) is 27.4. The molecular weight excluding hydrogens is 792 g/mol. The van der Waals surface area contributed by atoms with Crippen LogP contribution >= 0.6 is 15.9 Å². The maximum Gasteiger partial charge on any atom is 0.354 e. The Labute approximate surface area is 340 Å². The number of methoxy groups -OCH3 is 2. The van der Waals surface area contributed by atoms with E-state index in [1.165, 1.54) is 0 Å². The number of aromatic nitrogens is 3. The molecule has 0 radical (unpaired) electrons. The van der Waals surface area contributed by atoms with Crippen molar-refractivity contribution in [3.63, 3.8) is 0 Å². The second-order valence-corrected chi connectivity index (χ2v) is 15.1. The van der Waals surface area contributed by atoms with E-state index < -0.39 is 11.9 Å². The van der Waals surface area contributed by atoms with Crippen molar-refractivity contribution in [3.05, 3.63) is 123 Å². The van der Waals surface area contributed by atoms with Gasteiger partial charge < -0.3 is 19.7 Å². The molecule has 0 aliphatic carbocycles. The number of aryl methyl sites for hydroxylation is 2. The van der Waals surface area contributed by atoms with E-state index in [9.17, 15) is 24.6 Å². The molecule has 0 spiro atoms. The number of carboxylic acid groups (broad SMARTS) is 2. The van der Waals surface area contributed by atoms with Crippen LogP contribution in [0.3, 0.4) is 0 Å². The minimum Gasteiger partial charge on any atom is -0.497 e. The van der Waals surface area contributed by atoms with Crippen molar-refractivity contribution in [2.45, 2.75) is 40.0 Å². The molecule has 0 saturated heterocycles. The van der Waals surface area contributed by atoms with Crippen LogP contribution in [0.25, 0.3) is 22.3 Å². The highest BCUT2D eigenvalue weighted by Gasteiger charge is 2.21. The zero-order valence-corrected chi connectivity index (χ0v) is 34.0. The molecule has 2 bridgehead atoms. The summed E-state index contributed by atoms with van der Waals surface area (Å²) in [6, 6.07) is 22.6. The standard InChI is InChI=1S/C43H45BrN6O7/c1-27-13-37(56-3)5-7-39(27)29-15-32(46-36(17-29)26-51)21-48-9-11-49(23-34-19-31(44)20-35(45-34)24-50(12-10-48)25-42(52)53)22-33-16-30(18-41(47-33)43(54)55)40-8-6-38(57-4)14-28(40)2/h5-8,13-20,26H,9-12,21-25H2,1-4H3,(H,52,53)(H,54,55). The Hall–Kier alpha value is -5.54. The van der Waals surface area contributed by atoms with Gasteiger partial charge in [-0.05, 0) is 108 Å². The number of carbonyl (C=O) groups excluding carboxylic acids is 1. The molecule has 296 valence electrons. The number of pyridine rings is 3. The molecule has 57 heavy (non-hydrogen) atoms. The number of aromatic carboxylic acids is 1. The van der Waals surface area contributed by atoms with Gasteiger partial charge in [0.15, 0.2) is 6.29 Å². The third kappa shape index (κ3) is 10.9. The number of hydrogen-bond donors (Lipinski definition) is 2. The number of ether oxygens (including phenoxy) is 2. The summed E-state index contributed by atoms with van der Waals surface area (Å²) in [4.78, 5) is 56.9. The van der Waals surface area contributed by atoms with Gasteiger partial charge in [-0.2, -0.15) is 0 Å². The topological polar surface area (TPSA) is 159 Å². The fourth-order valence-electron chi connectivity index (χ4n) is 7.16. The van der Waals surface area contributed by atoms with Gasteiger partial charge in [-0.15, -0.1) is 0 Å². The highest BCUT2D eigenvalue weighted by molar-refractivity contribution is 9.10. The molecule has 1 aliphatic heterocycles. The molecule has 0 atom stereocenters. The third-order valence-corrected chi connectivity index (χ3v) is 10.3. The van der Waals surface area contributed by atoms with Crippen molar-refractivity contribution in [1.82, 2.24) is 29.7 Å². The Morgan fingerprint density at radius 1 is 0.702 bits per heavy atom. The average Bonchev–Trinajstić information content (AvgIpc) is 3.17. The Morgan fingerprint density at radius 2 is 1.23 bits per heavy atom. The second-order valence-electron chi connectivity index (χ2n) is 14.1. The minimum atomic E-state index is -1.12. The van der Waals surface area contributed by atoms with Gasteiger partial charge in [0, 0.05) is 56.8 Å². The number of benzene rings is 2. The van der Waals surface area contributed by atoms with E-state index in [1.54, 1.807) is 26.4 Å². The lowest BCUT2D eigenvalue weighted by atomic mass is 9.99. The lowest BCUT2D eigenvalue weighted by Crippen LogP contribution is -2.41. The number of halogens is 1. The van der Waals surface area contributed by atoms with Gasteiger partial charge in [0.1, 0.15) is 22.9 Å². The van der Waals surface area contributed by atoms with Gasteiger partial charge in [0.05, 0.1) is 43.5 Å². The molecule has 2 aromatic carbocycles. The molecule has 1 aliphatic rings. The molecule has 6 rings (SSSR count). The fourth-order valence-corrected chi connectivity index (χ4v) is 7.69. The van der Waals surface area contributed by atoms with E-state index in [-0.39, 0.29) is 12.2 Å². The van der Waals surface area contributed by atoms with E-state index in [1.807, 2.05) is 79.4 Å². The Bertz CT molecular complexity index is 2290. The van der Waals surface area contributed by atoms with E-state index in [0.29, 0.717) is 75.2 Å². The molecule has 14 heteroatoms. The van der Waals surface area contributed by atoms with Crippen molar-refractivity contribution in [1.29, 1.82) is 0 Å². The number of nitrogens with zero attached hydrogens (tertiary/aromatic N) is 6. The monoisotopic (exact) mass is 836 g/mol. The van der Waals surface area contributed by atoms with Crippen molar-refractivity contribution in [2.24, 2.45) is 0 Å². The highest BCUT2D eigenvalue weighted by atomic mass is 79.9. The number of carboxylic acids is 2. The molecule has 0 fully saturated rings. The smallest absolute Gasteiger partial charge is 0.354 e. The Balaban J connectivity index is 1.36. The SMILES string of the molecule is COc1ccc(-c2cc(C=O)nc(CN3CCN(CC(=O)O)Cc4cc(Br)cc(n4)CN(Cc4cc(-c5ccc(OC)cc5C)cc(C(=O)O)n4)CC3)c2)c(C)c1. The van der Waals surface area contributed by atoms with E-state index in [2.05, 4.69) is 35.7 Å². The lowest BCUT2D eigenvalue weighted by molar-refractivity contribution is -0.138. The van der Waals surface area contributed by atoms with Gasteiger partial charge in [-0.1, -0.05) is 28.1 Å². The quantitative estimate of drug-likeness (QED) is 0.131. The number of aliphatic carboxylic acids is 1. The molecule has 0 unspecified atom stereocenters. The summed E-state index contributed by atoms with van der Waals surface area (Å²) in [6.45, 7) is 7.22. The summed E-state index contributed by atoms with van der Waals surface area (Å²) in [7, 11) is 3.23. The van der Waals surface area contributed by atoms with Gasteiger partial charge in [-0.25, -0.2) is 14.8 Å². The average molecular weight is 838 g/mol. The molecule has 13 nitrogen and oxygen atoms in total. The molecule has 0 amide bonds. The van der Waals surface area contributed by atoms with Gasteiger partial charge in [0.2, 0.25) is 0 Å². The number of hydrogen-bond acceptors (Lipinski definition) is 11. The predicted molar refractivity (Wildman–Crippen MR) is 219 cm³/mol. The summed E-state index contributed by atoms with van der Waals surface area (Å²) in [6.07, 6.45) is 0.747. The summed E-state index contributed by atoms with van der Waals surface area (Å²) in [5.41, 5.74) is 8.36. The molecule has 4 heterocycles. The third-order valence-electron chi connectivity index (χ3n) is 9.87. The molecule has 0 saturated carbocycles. The zero-order valence-electron chi connectivity index (χ0n) is 32.4. The van der Waals surface area contributed by atoms with Crippen molar-refractivity contribution in [2.75, 3.05) is 46.9 Å². The van der Waals surface area contributed by atoms with Crippen LogP contribution in [0.15, 0.2) is 77.3 Å². The number of rotatable bonds is 12. The summed E-state index contributed by atoms with van der Waals surface area (Å²) < 4.78 is 11.6. The number of fused-ring (bicyclic) bond motifs is 2. The van der Waals surface area contributed by atoms with Crippen LogP contribution in [0.2, 0.25) is 0 Å². The van der Waals surface area contributed by atoms with Crippen LogP contribution in [0.4, 0.5) is 0 Å². The van der Waals surface area contributed by atoms with Gasteiger partial charge in [-0.3, -0.25) is 29.3 Å². The minimum absolute atomic E-state index is 0.0564. The molecule has 2 N–H and O–H groups in total. The van der Waals surface area contributed by atoms with E-state index in [4.69, 9.17) is 14.5 Å². The van der Waals surface area contributed by atoms with Crippen molar-refractivity contribution >= 4 is 34.2 Å². The maximum atomic E-state index is 12.3. The normalized spacial score (nSPS) is 14.3. The number of aldehydes is 1. The van der Waals surface area contributed by atoms with E-state index >= 15 is 0 Å². The van der Waals surface area contributed by atoms with Crippen LogP contribution < -0.4 is 9.47 Å².